The average molecular weight is 489 g/mol. The number of carbonyl (C=O) groups is 1. The summed E-state index contributed by atoms with van der Waals surface area (Å²) in [6.45, 7) is 3.78. The Morgan fingerprint density at radius 3 is 2.82 bits per heavy atom. The molecule has 0 amide bonds. The molecule has 2 aromatic rings. The van der Waals surface area contributed by atoms with Gasteiger partial charge in [0.25, 0.3) is 0 Å². The zero-order valence-electron chi connectivity index (χ0n) is 18.3. The van der Waals surface area contributed by atoms with E-state index in [4.69, 9.17) is 25.8 Å². The number of allylic oxidation sites excluding steroid dienone is 1. The Kier molecular flexibility index (Phi) is 6.95. The highest BCUT2D eigenvalue weighted by atomic mass is 35.5. The number of rotatable bonds is 7. The van der Waals surface area contributed by atoms with Crippen LogP contribution in [-0.4, -0.2) is 29.8 Å². The molecular formula is C24H22ClFN2O4S. The molecule has 1 atom stereocenters. The Morgan fingerprint density at radius 1 is 1.30 bits per heavy atom. The van der Waals surface area contributed by atoms with Crippen LogP contribution >= 0.6 is 23.4 Å². The van der Waals surface area contributed by atoms with Crippen molar-refractivity contribution in [3.8, 4) is 11.5 Å². The maximum absolute atomic E-state index is 14.0. The summed E-state index contributed by atoms with van der Waals surface area (Å²) in [6.07, 6.45) is 1.86. The molecule has 172 valence electrons. The van der Waals surface area contributed by atoms with Crippen LogP contribution in [0, 0.1) is 5.82 Å². The van der Waals surface area contributed by atoms with E-state index in [1.807, 2.05) is 16.5 Å². The van der Waals surface area contributed by atoms with Gasteiger partial charge in [-0.3, -0.25) is 0 Å². The van der Waals surface area contributed by atoms with Gasteiger partial charge in [0.2, 0.25) is 0 Å². The molecule has 0 bridgehead atoms. The highest BCUT2D eigenvalue weighted by molar-refractivity contribution is 8.16. The molecule has 2 aliphatic rings. The van der Waals surface area contributed by atoms with Gasteiger partial charge in [0.1, 0.15) is 12.4 Å². The van der Waals surface area contributed by atoms with Gasteiger partial charge >= 0.3 is 5.97 Å². The molecule has 2 heterocycles. The third-order valence-electron chi connectivity index (χ3n) is 5.21. The predicted molar refractivity (Wildman–Crippen MR) is 127 cm³/mol. The van der Waals surface area contributed by atoms with E-state index < -0.39 is 12.0 Å². The minimum absolute atomic E-state index is 0.0130. The van der Waals surface area contributed by atoms with E-state index in [0.717, 1.165) is 5.17 Å². The number of aliphatic imine (C=N–C) groups is 1. The first kappa shape index (κ1) is 23.2. The molecule has 0 N–H and O–H groups in total. The lowest BCUT2D eigenvalue weighted by atomic mass is 9.94. The fraction of sp³-hybridized carbons (Fsp3) is 0.250. The maximum atomic E-state index is 14.0. The van der Waals surface area contributed by atoms with Gasteiger partial charge in [-0.25, -0.2) is 14.2 Å². The Morgan fingerprint density at radius 2 is 2.09 bits per heavy atom. The number of amidine groups is 1. The zero-order chi connectivity index (χ0) is 23.5. The molecule has 6 nitrogen and oxygen atoms in total. The highest BCUT2D eigenvalue weighted by Gasteiger charge is 2.38. The monoisotopic (exact) mass is 488 g/mol. The van der Waals surface area contributed by atoms with Crippen LogP contribution in [0.3, 0.4) is 0 Å². The SMILES string of the molecule is CCOC(=O)C1=C(C)N=C2SC=CN2[C@H]1c1cc(Cl)c(OCc2ccccc2F)c(OC)c1. The van der Waals surface area contributed by atoms with Gasteiger partial charge in [0.15, 0.2) is 16.7 Å². The van der Waals surface area contributed by atoms with Crippen LogP contribution in [0.5, 0.6) is 11.5 Å². The lowest BCUT2D eigenvalue weighted by molar-refractivity contribution is -0.139. The molecule has 0 spiro atoms. The Labute approximate surface area is 200 Å². The number of halogens is 2. The molecule has 0 saturated heterocycles. The number of esters is 1. The summed E-state index contributed by atoms with van der Waals surface area (Å²) >= 11 is 8.07. The number of carbonyl (C=O) groups excluding carboxylic acids is 1. The molecule has 0 aliphatic carbocycles. The summed E-state index contributed by atoms with van der Waals surface area (Å²) < 4.78 is 30.7. The molecule has 9 heteroatoms. The molecule has 0 radical (unpaired) electrons. The summed E-state index contributed by atoms with van der Waals surface area (Å²) in [7, 11) is 1.50. The van der Waals surface area contributed by atoms with E-state index in [-0.39, 0.29) is 24.1 Å². The van der Waals surface area contributed by atoms with Gasteiger partial charge in [-0.2, -0.15) is 0 Å². The van der Waals surface area contributed by atoms with Crippen LogP contribution < -0.4 is 9.47 Å². The van der Waals surface area contributed by atoms with Gasteiger partial charge in [-0.1, -0.05) is 41.6 Å². The van der Waals surface area contributed by atoms with E-state index in [0.29, 0.717) is 33.9 Å². The lowest BCUT2D eigenvalue weighted by Crippen LogP contribution is -2.34. The fourth-order valence-corrected chi connectivity index (χ4v) is 4.77. The second kappa shape index (κ2) is 9.89. The smallest absolute Gasteiger partial charge is 0.338 e. The standard InChI is InChI=1S/C24H22ClFN2O4S/c1-4-31-23(29)20-14(2)27-24-28(9-10-33-24)21(20)16-11-17(25)22(19(12-16)30-3)32-13-15-7-5-6-8-18(15)26/h5-12,21H,4,13H2,1-3H3/t21-/m0/s1. The van der Waals surface area contributed by atoms with E-state index in [2.05, 4.69) is 4.99 Å². The van der Waals surface area contributed by atoms with Crippen LogP contribution in [0.25, 0.3) is 0 Å². The molecule has 0 fully saturated rings. The Balaban J connectivity index is 1.72. The molecule has 0 unspecified atom stereocenters. The number of ether oxygens (including phenoxy) is 3. The van der Waals surface area contributed by atoms with Crippen LogP contribution in [0.15, 0.2) is 64.3 Å². The van der Waals surface area contributed by atoms with Gasteiger partial charge in [0, 0.05) is 11.8 Å². The number of benzene rings is 2. The van der Waals surface area contributed by atoms with Gasteiger partial charge in [0.05, 0.1) is 36.1 Å². The number of thioether (sulfide) groups is 1. The predicted octanol–water partition coefficient (Wildman–Crippen LogP) is 5.83. The fourth-order valence-electron chi connectivity index (χ4n) is 3.70. The highest BCUT2D eigenvalue weighted by Crippen LogP contribution is 2.45. The number of nitrogens with zero attached hydrogens (tertiary/aromatic N) is 2. The maximum Gasteiger partial charge on any atom is 0.338 e. The van der Waals surface area contributed by atoms with Crippen molar-refractivity contribution in [1.29, 1.82) is 0 Å². The number of hydrogen-bond acceptors (Lipinski definition) is 7. The minimum Gasteiger partial charge on any atom is -0.493 e. The molecule has 33 heavy (non-hydrogen) atoms. The molecular weight excluding hydrogens is 467 g/mol. The second-order valence-corrected chi connectivity index (χ2v) is 8.52. The normalized spacial score (nSPS) is 17.1. The third kappa shape index (κ3) is 4.58. The summed E-state index contributed by atoms with van der Waals surface area (Å²) in [5, 5.41) is 2.93. The van der Waals surface area contributed by atoms with Crippen molar-refractivity contribution < 1.29 is 23.4 Å². The lowest BCUT2D eigenvalue weighted by Gasteiger charge is -2.33. The van der Waals surface area contributed by atoms with Crippen LogP contribution in [-0.2, 0) is 16.1 Å². The van der Waals surface area contributed by atoms with Crippen LogP contribution in [0.2, 0.25) is 5.02 Å². The van der Waals surface area contributed by atoms with E-state index in [1.165, 1.54) is 24.9 Å². The molecule has 2 aliphatic heterocycles. The first-order chi connectivity index (χ1) is 15.9. The number of fused-ring (bicyclic) bond motifs is 1. The van der Waals surface area contributed by atoms with Crippen molar-refractivity contribution in [2.45, 2.75) is 26.5 Å². The minimum atomic E-state index is -0.505. The first-order valence-corrected chi connectivity index (χ1v) is 11.5. The third-order valence-corrected chi connectivity index (χ3v) is 6.26. The summed E-state index contributed by atoms with van der Waals surface area (Å²) in [5.41, 5.74) is 2.11. The van der Waals surface area contributed by atoms with Crippen LogP contribution in [0.1, 0.15) is 31.0 Å². The van der Waals surface area contributed by atoms with Crippen molar-refractivity contribution in [2.75, 3.05) is 13.7 Å². The Bertz CT molecular complexity index is 1180. The topological polar surface area (TPSA) is 60.4 Å². The summed E-state index contributed by atoms with van der Waals surface area (Å²) in [6, 6.07) is 9.34. The molecule has 0 aromatic heterocycles. The molecule has 4 rings (SSSR count). The van der Waals surface area contributed by atoms with Crippen LogP contribution in [0.4, 0.5) is 4.39 Å². The van der Waals surface area contributed by atoms with Gasteiger partial charge in [-0.05, 0) is 43.0 Å². The van der Waals surface area contributed by atoms with E-state index in [1.54, 1.807) is 44.2 Å². The number of hydrogen-bond donors (Lipinski definition) is 0. The van der Waals surface area contributed by atoms with Gasteiger partial charge in [-0.15, -0.1) is 0 Å². The van der Waals surface area contributed by atoms with Gasteiger partial charge < -0.3 is 19.1 Å². The van der Waals surface area contributed by atoms with Crippen molar-refractivity contribution in [3.05, 3.63) is 81.2 Å². The van der Waals surface area contributed by atoms with Crippen molar-refractivity contribution in [3.63, 3.8) is 0 Å². The van der Waals surface area contributed by atoms with E-state index in [9.17, 15) is 9.18 Å². The van der Waals surface area contributed by atoms with E-state index >= 15 is 0 Å². The second-order valence-electron chi connectivity index (χ2n) is 7.24. The van der Waals surface area contributed by atoms with Crippen molar-refractivity contribution in [2.24, 2.45) is 4.99 Å². The largest absolute Gasteiger partial charge is 0.493 e. The average Bonchev–Trinajstić information content (AvgIpc) is 3.26. The first-order valence-electron chi connectivity index (χ1n) is 10.3. The molecule has 2 aromatic carbocycles. The zero-order valence-corrected chi connectivity index (χ0v) is 19.9. The summed E-state index contributed by atoms with van der Waals surface area (Å²) in [4.78, 5) is 19.3. The number of methoxy groups -OCH3 is 1. The summed E-state index contributed by atoms with van der Waals surface area (Å²) in [5.74, 6) is -0.144. The Hall–Kier alpha value is -2.97. The quantitative estimate of drug-likeness (QED) is 0.457. The van der Waals surface area contributed by atoms with Crippen molar-refractivity contribution >= 4 is 34.5 Å². The van der Waals surface area contributed by atoms with Crippen molar-refractivity contribution in [1.82, 2.24) is 4.90 Å². The molecule has 0 saturated carbocycles.